The van der Waals surface area contributed by atoms with Gasteiger partial charge in [0.2, 0.25) is 0 Å². The number of fused-ring (bicyclic) bond motifs is 1. The lowest BCUT2D eigenvalue weighted by atomic mass is 9.97. The molecule has 7 heteroatoms. The van der Waals surface area contributed by atoms with Crippen molar-refractivity contribution < 1.29 is 23.0 Å². The minimum Gasteiger partial charge on any atom is -0.497 e. The van der Waals surface area contributed by atoms with E-state index in [4.69, 9.17) is 4.74 Å². The lowest BCUT2D eigenvalue weighted by Crippen LogP contribution is -2.49. The second-order valence-corrected chi connectivity index (χ2v) is 4.89. The van der Waals surface area contributed by atoms with Crippen LogP contribution >= 0.6 is 12.4 Å². The minimum atomic E-state index is -3.14. The number of nitrogens with one attached hydrogen (secondary N) is 1. The smallest absolute Gasteiger partial charge is 0.408 e. The molecule has 1 saturated heterocycles. The highest BCUT2D eigenvalue weighted by Crippen LogP contribution is 2.35. The molecule has 1 aliphatic heterocycles. The van der Waals surface area contributed by atoms with Crippen LogP contribution in [0.3, 0.4) is 0 Å². The van der Waals surface area contributed by atoms with E-state index in [0.717, 1.165) is 10.8 Å². The summed E-state index contributed by atoms with van der Waals surface area (Å²) in [5.41, 5.74) is 0.342. The first-order valence-electron chi connectivity index (χ1n) is 6.38. The van der Waals surface area contributed by atoms with Gasteiger partial charge in [0.15, 0.2) is 6.61 Å². The van der Waals surface area contributed by atoms with Crippen LogP contribution in [0.15, 0.2) is 36.4 Å². The van der Waals surface area contributed by atoms with Gasteiger partial charge in [0.1, 0.15) is 11.8 Å². The number of carbonyl (C=O) groups excluding carboxylic acids is 1. The van der Waals surface area contributed by atoms with Gasteiger partial charge in [-0.05, 0) is 34.5 Å². The molecule has 1 N–H and O–H groups in total. The van der Waals surface area contributed by atoms with Crippen molar-refractivity contribution in [2.24, 2.45) is 0 Å². The normalized spacial score (nSPS) is 19.8. The van der Waals surface area contributed by atoms with Crippen molar-refractivity contribution in [3.8, 4) is 5.75 Å². The number of hydrogen-bond donors (Lipinski definition) is 1. The highest BCUT2D eigenvalue weighted by molar-refractivity contribution is 5.85. The number of rotatable bonds is 2. The molecule has 0 aromatic heterocycles. The van der Waals surface area contributed by atoms with Gasteiger partial charge in [-0.15, -0.1) is 12.4 Å². The molecule has 0 saturated carbocycles. The number of cyclic esters (lactones) is 1. The molecule has 0 bridgehead atoms. The fourth-order valence-electron chi connectivity index (χ4n) is 2.39. The first kappa shape index (κ1) is 16.3. The number of methoxy groups -OCH3 is 1. The third kappa shape index (κ3) is 2.92. The molecule has 1 aliphatic rings. The molecule has 1 atom stereocenters. The number of benzene rings is 2. The van der Waals surface area contributed by atoms with E-state index in [0.29, 0.717) is 11.3 Å². The molecule has 118 valence electrons. The number of ether oxygens (including phenoxy) is 2. The summed E-state index contributed by atoms with van der Waals surface area (Å²) in [6.45, 7) is -0.913. The number of alkyl carbamates (subject to hydrolysis) is 1. The van der Waals surface area contributed by atoms with Crippen LogP contribution in [0.5, 0.6) is 5.75 Å². The molecule has 1 fully saturated rings. The third-order valence-corrected chi connectivity index (χ3v) is 3.49. The number of carbonyl (C=O) groups is 1. The number of amides is 1. The molecule has 2 aromatic carbocycles. The van der Waals surface area contributed by atoms with Crippen molar-refractivity contribution >= 4 is 29.3 Å². The zero-order valence-corrected chi connectivity index (χ0v) is 12.5. The molecule has 0 aliphatic carbocycles. The summed E-state index contributed by atoms with van der Waals surface area (Å²) in [6.07, 6.45) is -0.833. The standard InChI is InChI=1S/C15H13F2NO3.ClH/c1-20-12-5-4-9-6-11(3-2-10(9)7-12)13-15(16,17)8-21-14(19)18-13;/h2-7,13H,8H2,1H3,(H,18,19);1H/t13-;/m0./s1. The molecule has 22 heavy (non-hydrogen) atoms. The van der Waals surface area contributed by atoms with Crippen LogP contribution in [0.2, 0.25) is 0 Å². The highest BCUT2D eigenvalue weighted by atomic mass is 35.5. The van der Waals surface area contributed by atoms with Crippen molar-refractivity contribution in [3.63, 3.8) is 0 Å². The summed E-state index contributed by atoms with van der Waals surface area (Å²) < 4.78 is 37.2. The van der Waals surface area contributed by atoms with Crippen molar-refractivity contribution in [2.45, 2.75) is 12.0 Å². The molecule has 1 amide bonds. The van der Waals surface area contributed by atoms with E-state index in [1.165, 1.54) is 0 Å². The molecule has 2 aromatic rings. The SMILES string of the molecule is COc1ccc2cc([C@@H]3NC(=O)OCC3(F)F)ccc2c1.Cl. The third-order valence-electron chi connectivity index (χ3n) is 3.49. The molecule has 0 radical (unpaired) electrons. The zero-order chi connectivity index (χ0) is 15.0. The Labute approximate surface area is 131 Å². The van der Waals surface area contributed by atoms with Crippen LogP contribution in [0.4, 0.5) is 13.6 Å². The van der Waals surface area contributed by atoms with Crippen LogP contribution in [-0.4, -0.2) is 25.7 Å². The van der Waals surface area contributed by atoms with E-state index in [-0.39, 0.29) is 12.4 Å². The highest BCUT2D eigenvalue weighted by Gasteiger charge is 2.46. The van der Waals surface area contributed by atoms with Gasteiger partial charge >= 0.3 is 12.0 Å². The lowest BCUT2D eigenvalue weighted by Gasteiger charge is -2.31. The molecule has 3 rings (SSSR count). The number of alkyl halides is 2. The van der Waals surface area contributed by atoms with Crippen LogP contribution in [0.1, 0.15) is 11.6 Å². The average Bonchev–Trinajstić information content (AvgIpc) is 2.48. The van der Waals surface area contributed by atoms with Crippen molar-refractivity contribution in [2.75, 3.05) is 13.7 Å². The first-order chi connectivity index (χ1) is 9.99. The Balaban J connectivity index is 0.00000176. The number of halogens is 3. The Morgan fingerprint density at radius 1 is 1.23 bits per heavy atom. The number of hydrogen-bond acceptors (Lipinski definition) is 3. The predicted molar refractivity (Wildman–Crippen MR) is 79.9 cm³/mol. The molecule has 0 spiro atoms. The van der Waals surface area contributed by atoms with E-state index in [1.807, 2.05) is 6.07 Å². The van der Waals surface area contributed by atoms with E-state index in [2.05, 4.69) is 10.1 Å². The fraction of sp³-hybridized carbons (Fsp3) is 0.267. The molecule has 4 nitrogen and oxygen atoms in total. The molecular weight excluding hydrogens is 316 g/mol. The van der Waals surface area contributed by atoms with E-state index < -0.39 is 24.7 Å². The van der Waals surface area contributed by atoms with Gasteiger partial charge in [0.05, 0.1) is 7.11 Å². The summed E-state index contributed by atoms with van der Waals surface area (Å²) in [4.78, 5) is 11.2. The summed E-state index contributed by atoms with van der Waals surface area (Å²) >= 11 is 0. The lowest BCUT2D eigenvalue weighted by molar-refractivity contribution is -0.104. The quantitative estimate of drug-likeness (QED) is 0.914. The van der Waals surface area contributed by atoms with Crippen LogP contribution < -0.4 is 10.1 Å². The van der Waals surface area contributed by atoms with Crippen LogP contribution in [-0.2, 0) is 4.74 Å². The summed E-state index contributed by atoms with van der Waals surface area (Å²) in [5, 5.41) is 3.85. The van der Waals surface area contributed by atoms with E-state index >= 15 is 0 Å². The van der Waals surface area contributed by atoms with E-state index in [9.17, 15) is 13.6 Å². The Morgan fingerprint density at radius 2 is 1.91 bits per heavy atom. The van der Waals surface area contributed by atoms with Gasteiger partial charge in [0, 0.05) is 0 Å². The van der Waals surface area contributed by atoms with Gasteiger partial charge < -0.3 is 14.8 Å². The molecule has 0 unspecified atom stereocenters. The monoisotopic (exact) mass is 329 g/mol. The van der Waals surface area contributed by atoms with Gasteiger partial charge in [-0.2, -0.15) is 0 Å². The minimum absolute atomic E-state index is 0. The molecular formula is C15H14ClF2NO3. The second-order valence-electron chi connectivity index (χ2n) is 4.89. The van der Waals surface area contributed by atoms with E-state index in [1.54, 1.807) is 37.4 Å². The van der Waals surface area contributed by atoms with Crippen molar-refractivity contribution in [1.29, 1.82) is 0 Å². The maximum atomic E-state index is 13.9. The van der Waals surface area contributed by atoms with Gasteiger partial charge in [-0.1, -0.05) is 18.2 Å². The summed E-state index contributed by atoms with van der Waals surface area (Å²) in [6, 6.07) is 8.92. The molecule has 1 heterocycles. The van der Waals surface area contributed by atoms with Gasteiger partial charge in [-0.25, -0.2) is 13.6 Å². The zero-order valence-electron chi connectivity index (χ0n) is 11.6. The predicted octanol–water partition coefficient (Wildman–Crippen LogP) is 3.69. The van der Waals surface area contributed by atoms with Gasteiger partial charge in [-0.3, -0.25) is 0 Å². The van der Waals surface area contributed by atoms with Crippen LogP contribution in [0, 0.1) is 0 Å². The first-order valence-corrected chi connectivity index (χ1v) is 6.38. The maximum absolute atomic E-state index is 13.9. The Hall–Kier alpha value is -2.08. The largest absolute Gasteiger partial charge is 0.497 e. The summed E-state index contributed by atoms with van der Waals surface area (Å²) in [7, 11) is 1.56. The summed E-state index contributed by atoms with van der Waals surface area (Å²) in [5.74, 6) is -2.45. The van der Waals surface area contributed by atoms with Crippen LogP contribution in [0.25, 0.3) is 10.8 Å². The topological polar surface area (TPSA) is 47.6 Å². The second kappa shape index (κ2) is 5.96. The average molecular weight is 330 g/mol. The van der Waals surface area contributed by atoms with Crippen molar-refractivity contribution in [1.82, 2.24) is 5.32 Å². The van der Waals surface area contributed by atoms with Gasteiger partial charge in [0.25, 0.3) is 0 Å². The Bertz CT molecular complexity index is 708. The Kier molecular flexibility index (Phi) is 4.42. The van der Waals surface area contributed by atoms with Crippen molar-refractivity contribution in [3.05, 3.63) is 42.0 Å². The fourth-order valence-corrected chi connectivity index (χ4v) is 2.39. The Morgan fingerprint density at radius 3 is 2.64 bits per heavy atom. The maximum Gasteiger partial charge on any atom is 0.408 e.